The fraction of sp³-hybridized carbons (Fsp3) is 0.364. The van der Waals surface area contributed by atoms with Crippen LogP contribution in [-0.4, -0.2) is 50.5 Å². The van der Waals surface area contributed by atoms with Crippen LogP contribution in [0.15, 0.2) is 36.4 Å². The molecule has 1 unspecified atom stereocenters. The predicted molar refractivity (Wildman–Crippen MR) is 138 cm³/mol. The van der Waals surface area contributed by atoms with E-state index in [1.165, 1.54) is 23.1 Å². The molecule has 2 rings (SSSR count). The first-order valence-corrected chi connectivity index (χ1v) is 13.7. The molecule has 0 spiro atoms. The molecule has 0 aliphatic carbocycles. The van der Waals surface area contributed by atoms with Crippen molar-refractivity contribution >= 4 is 73.9 Å². The summed E-state index contributed by atoms with van der Waals surface area (Å²) in [5.41, 5.74) is 0.564. The minimum Gasteiger partial charge on any atom is -0.355 e. The Kier molecular flexibility index (Phi) is 10.3. The second kappa shape index (κ2) is 12.3. The van der Waals surface area contributed by atoms with E-state index in [0.717, 1.165) is 10.6 Å². The number of hydrogen-bond donors (Lipinski definition) is 1. The molecule has 0 aliphatic heterocycles. The van der Waals surface area contributed by atoms with Gasteiger partial charge in [-0.05, 0) is 43.7 Å². The molecule has 0 radical (unpaired) electrons. The highest BCUT2D eigenvalue weighted by atomic mass is 35.5. The molecule has 2 aromatic rings. The largest absolute Gasteiger partial charge is 0.355 e. The first-order chi connectivity index (χ1) is 15.9. The Morgan fingerprint density at radius 3 is 2.03 bits per heavy atom. The van der Waals surface area contributed by atoms with Gasteiger partial charge in [-0.2, -0.15) is 0 Å². The second-order valence-corrected chi connectivity index (χ2v) is 11.0. The summed E-state index contributed by atoms with van der Waals surface area (Å²) in [6.45, 7) is 3.19. The van der Waals surface area contributed by atoms with Gasteiger partial charge in [0.15, 0.2) is 0 Å². The van der Waals surface area contributed by atoms with Crippen LogP contribution in [0, 0.1) is 0 Å². The number of halogens is 4. The van der Waals surface area contributed by atoms with Crippen LogP contribution in [0.5, 0.6) is 0 Å². The van der Waals surface area contributed by atoms with Gasteiger partial charge in [0, 0.05) is 38.7 Å². The van der Waals surface area contributed by atoms with Crippen molar-refractivity contribution in [1.29, 1.82) is 0 Å². The van der Waals surface area contributed by atoms with Crippen molar-refractivity contribution < 1.29 is 18.0 Å². The lowest BCUT2D eigenvalue weighted by Crippen LogP contribution is -2.52. The first-order valence-electron chi connectivity index (χ1n) is 10.3. The van der Waals surface area contributed by atoms with Crippen molar-refractivity contribution in [2.75, 3.05) is 23.7 Å². The number of hydrogen-bond acceptors (Lipinski definition) is 4. The third-order valence-corrected chi connectivity index (χ3v) is 7.23. The number of rotatable bonds is 10. The summed E-state index contributed by atoms with van der Waals surface area (Å²) >= 11 is 24.7. The standard InChI is InChI=1S/C22H25Cl4N3O4S/c1-4-20(22(31)27-5-2)28(12-17-18(25)7-6-8-19(17)26)21(30)13-29(34(3,32)33)16-10-14(23)9-15(24)11-16/h6-11,20H,4-5,12-13H2,1-3H3,(H,27,31). The monoisotopic (exact) mass is 567 g/mol. The number of amides is 2. The van der Waals surface area contributed by atoms with Crippen LogP contribution >= 0.6 is 46.4 Å². The van der Waals surface area contributed by atoms with Crippen molar-refractivity contribution in [3.05, 3.63) is 62.1 Å². The normalized spacial score (nSPS) is 12.2. The minimum absolute atomic E-state index is 0.0963. The molecule has 0 saturated carbocycles. The van der Waals surface area contributed by atoms with Crippen LogP contribution in [0.2, 0.25) is 20.1 Å². The predicted octanol–water partition coefficient (Wildman–Crippen LogP) is 5.01. The first kappa shape index (κ1) is 28.5. The topological polar surface area (TPSA) is 86.8 Å². The third kappa shape index (κ3) is 7.39. The van der Waals surface area contributed by atoms with Gasteiger partial charge in [-0.15, -0.1) is 0 Å². The molecule has 0 bridgehead atoms. The molecule has 1 N–H and O–H groups in total. The Bertz CT molecular complexity index is 1120. The number of benzene rings is 2. The minimum atomic E-state index is -3.92. The summed E-state index contributed by atoms with van der Waals surface area (Å²) in [4.78, 5) is 27.6. The summed E-state index contributed by atoms with van der Waals surface area (Å²) in [5, 5.41) is 3.76. The summed E-state index contributed by atoms with van der Waals surface area (Å²) in [5.74, 6) is -1.01. The number of carbonyl (C=O) groups excluding carboxylic acids is 2. The lowest BCUT2D eigenvalue weighted by molar-refractivity contribution is -0.140. The summed E-state index contributed by atoms with van der Waals surface area (Å²) in [6, 6.07) is 8.24. The maximum atomic E-state index is 13.6. The molecular formula is C22H25Cl4N3O4S. The number of nitrogens with one attached hydrogen (secondary N) is 1. The van der Waals surface area contributed by atoms with Crippen molar-refractivity contribution in [2.24, 2.45) is 0 Å². The average molecular weight is 569 g/mol. The number of nitrogens with zero attached hydrogens (tertiary/aromatic N) is 2. The number of anilines is 1. The maximum absolute atomic E-state index is 13.6. The Morgan fingerprint density at radius 1 is 1.00 bits per heavy atom. The molecule has 12 heteroatoms. The fourth-order valence-corrected chi connectivity index (χ4v) is 5.23. The highest BCUT2D eigenvalue weighted by Gasteiger charge is 2.32. The van der Waals surface area contributed by atoms with Gasteiger partial charge >= 0.3 is 0 Å². The third-order valence-electron chi connectivity index (χ3n) is 4.94. The van der Waals surface area contributed by atoms with E-state index in [4.69, 9.17) is 46.4 Å². The van der Waals surface area contributed by atoms with Gasteiger partial charge in [-0.25, -0.2) is 8.42 Å². The molecule has 0 saturated heterocycles. The summed E-state index contributed by atoms with van der Waals surface area (Å²) in [6.07, 6.45) is 1.24. The highest BCUT2D eigenvalue weighted by molar-refractivity contribution is 7.92. The lowest BCUT2D eigenvalue weighted by Gasteiger charge is -2.33. The Labute approximate surface area is 220 Å². The zero-order valence-corrected chi connectivity index (χ0v) is 22.7. The maximum Gasteiger partial charge on any atom is 0.244 e. The molecule has 0 aliphatic rings. The van der Waals surface area contributed by atoms with Gasteiger partial charge in [-0.1, -0.05) is 59.4 Å². The van der Waals surface area contributed by atoms with Crippen molar-refractivity contribution in [2.45, 2.75) is 32.9 Å². The molecular weight excluding hydrogens is 544 g/mol. The van der Waals surface area contributed by atoms with E-state index in [9.17, 15) is 18.0 Å². The number of sulfonamides is 1. The van der Waals surface area contributed by atoms with E-state index in [1.54, 1.807) is 32.0 Å². The van der Waals surface area contributed by atoms with E-state index < -0.39 is 28.5 Å². The fourth-order valence-electron chi connectivity index (χ4n) is 3.36. The molecule has 1 atom stereocenters. The van der Waals surface area contributed by atoms with Crippen LogP contribution in [0.4, 0.5) is 5.69 Å². The number of likely N-dealkylation sites (N-methyl/N-ethyl adjacent to an activating group) is 1. The van der Waals surface area contributed by atoms with Gasteiger partial charge in [0.05, 0.1) is 11.9 Å². The molecule has 0 aromatic heterocycles. The zero-order valence-electron chi connectivity index (χ0n) is 18.8. The molecule has 0 fully saturated rings. The van der Waals surface area contributed by atoms with Crippen LogP contribution < -0.4 is 9.62 Å². The van der Waals surface area contributed by atoms with Crippen molar-refractivity contribution in [3.63, 3.8) is 0 Å². The Balaban J connectivity index is 2.52. The summed E-state index contributed by atoms with van der Waals surface area (Å²) in [7, 11) is -3.92. The van der Waals surface area contributed by atoms with Gasteiger partial charge in [0.1, 0.15) is 12.6 Å². The van der Waals surface area contributed by atoms with Crippen LogP contribution in [0.3, 0.4) is 0 Å². The highest BCUT2D eigenvalue weighted by Crippen LogP contribution is 2.29. The Hall–Kier alpha value is -1.71. The van der Waals surface area contributed by atoms with Gasteiger partial charge in [0.2, 0.25) is 21.8 Å². The van der Waals surface area contributed by atoms with E-state index >= 15 is 0 Å². The smallest absolute Gasteiger partial charge is 0.244 e. The van der Waals surface area contributed by atoms with Gasteiger partial charge < -0.3 is 10.2 Å². The second-order valence-electron chi connectivity index (χ2n) is 7.44. The molecule has 7 nitrogen and oxygen atoms in total. The van der Waals surface area contributed by atoms with Gasteiger partial charge in [0.25, 0.3) is 0 Å². The van der Waals surface area contributed by atoms with Crippen molar-refractivity contribution in [1.82, 2.24) is 10.2 Å². The molecule has 2 aromatic carbocycles. The van der Waals surface area contributed by atoms with Crippen LogP contribution in [0.1, 0.15) is 25.8 Å². The van der Waals surface area contributed by atoms with Gasteiger partial charge in [-0.3, -0.25) is 13.9 Å². The molecule has 2 amide bonds. The molecule has 0 heterocycles. The zero-order chi connectivity index (χ0) is 25.6. The van der Waals surface area contributed by atoms with Crippen molar-refractivity contribution in [3.8, 4) is 0 Å². The molecule has 34 heavy (non-hydrogen) atoms. The van der Waals surface area contributed by atoms with Crippen LogP contribution in [-0.2, 0) is 26.2 Å². The average Bonchev–Trinajstić information content (AvgIpc) is 2.72. The van der Waals surface area contributed by atoms with E-state index in [1.807, 2.05) is 0 Å². The Morgan fingerprint density at radius 2 is 1.56 bits per heavy atom. The van der Waals surface area contributed by atoms with E-state index in [2.05, 4.69) is 5.32 Å². The van der Waals surface area contributed by atoms with E-state index in [-0.39, 0.29) is 34.6 Å². The number of carbonyl (C=O) groups is 2. The summed E-state index contributed by atoms with van der Waals surface area (Å²) < 4.78 is 26.1. The van der Waals surface area contributed by atoms with E-state index in [0.29, 0.717) is 22.2 Å². The lowest BCUT2D eigenvalue weighted by atomic mass is 10.1. The quantitative estimate of drug-likeness (QED) is 0.436. The SMILES string of the molecule is CCNC(=O)C(CC)N(Cc1c(Cl)cccc1Cl)C(=O)CN(c1cc(Cl)cc(Cl)c1)S(C)(=O)=O. The molecule has 186 valence electrons. The van der Waals surface area contributed by atoms with Crippen LogP contribution in [0.25, 0.3) is 0 Å².